The topological polar surface area (TPSA) is 125 Å². The summed E-state index contributed by atoms with van der Waals surface area (Å²) in [6, 6.07) is 12.1. The Morgan fingerprint density at radius 2 is 1.75 bits per heavy atom. The van der Waals surface area contributed by atoms with Gasteiger partial charge in [0.05, 0.1) is 31.6 Å². The molecule has 3 N–H and O–H groups in total. The number of nitrogens with one attached hydrogen (secondary N) is 1. The molecule has 3 rings (SSSR count). The quantitative estimate of drug-likeness (QED) is 0.484. The molecule has 0 aromatic heterocycles. The van der Waals surface area contributed by atoms with Crippen LogP contribution in [-0.2, 0) is 20.9 Å². The van der Waals surface area contributed by atoms with Crippen molar-refractivity contribution in [2.45, 2.75) is 12.7 Å². The molecular weight excluding hydrogens is 485 g/mol. The van der Waals surface area contributed by atoms with Gasteiger partial charge < -0.3 is 25.0 Å². The number of morpholine rings is 1. The number of carbonyl (C=O) groups excluding carboxylic acids is 1. The molecule has 1 amide bonds. The number of carbonyl (C=O) groups is 3. The van der Waals surface area contributed by atoms with Crippen LogP contribution in [0.4, 0.5) is 18.9 Å². The summed E-state index contributed by atoms with van der Waals surface area (Å²) in [4.78, 5) is 34.6. The van der Waals surface area contributed by atoms with Gasteiger partial charge in [0.2, 0.25) is 5.91 Å². The lowest BCUT2D eigenvalue weighted by Gasteiger charge is -2.27. The van der Waals surface area contributed by atoms with Crippen molar-refractivity contribution < 1.29 is 47.2 Å². The fourth-order valence-corrected chi connectivity index (χ4v) is 3.12. The van der Waals surface area contributed by atoms with Crippen molar-refractivity contribution in [3.05, 3.63) is 65.2 Å². The van der Waals surface area contributed by atoms with Crippen LogP contribution in [0.1, 0.15) is 21.5 Å². The van der Waals surface area contributed by atoms with Crippen LogP contribution in [0.25, 0.3) is 6.08 Å². The zero-order valence-electron chi connectivity index (χ0n) is 19.2. The average molecular weight is 510 g/mol. The first kappa shape index (κ1) is 28.3. The van der Waals surface area contributed by atoms with E-state index in [0.717, 1.165) is 49.7 Å². The van der Waals surface area contributed by atoms with E-state index in [-0.39, 0.29) is 11.3 Å². The fraction of sp³-hybridized carbons (Fsp3) is 0.292. The zero-order chi connectivity index (χ0) is 26.7. The molecule has 0 radical (unpaired) electrons. The fourth-order valence-electron chi connectivity index (χ4n) is 3.12. The molecule has 0 bridgehead atoms. The Morgan fingerprint density at radius 1 is 1.11 bits per heavy atom. The number of halogens is 3. The summed E-state index contributed by atoms with van der Waals surface area (Å²) in [6.45, 7) is 4.04. The van der Waals surface area contributed by atoms with Crippen molar-refractivity contribution in [1.82, 2.24) is 4.90 Å². The molecule has 1 aliphatic heterocycles. The second-order valence-corrected chi connectivity index (χ2v) is 7.44. The molecule has 1 heterocycles. The van der Waals surface area contributed by atoms with Crippen LogP contribution in [0.5, 0.6) is 5.75 Å². The number of rotatable bonds is 7. The normalized spacial score (nSPS) is 14.0. The first-order valence-electron chi connectivity index (χ1n) is 10.6. The maximum atomic E-state index is 12.2. The SMILES string of the molecule is COc1cc(/C=C/C(=O)Nc2ccccc2C(=O)O)ccc1CN1CCOCC1.O=C(O)C(F)(F)F. The summed E-state index contributed by atoms with van der Waals surface area (Å²) in [5.74, 6) is -3.50. The van der Waals surface area contributed by atoms with Gasteiger partial charge >= 0.3 is 18.1 Å². The third-order valence-corrected chi connectivity index (χ3v) is 4.89. The molecule has 36 heavy (non-hydrogen) atoms. The van der Waals surface area contributed by atoms with Crippen LogP contribution in [-0.4, -0.2) is 72.5 Å². The first-order valence-corrected chi connectivity index (χ1v) is 10.6. The summed E-state index contributed by atoms with van der Waals surface area (Å²) < 4.78 is 42.6. The van der Waals surface area contributed by atoms with Crippen LogP contribution in [0.3, 0.4) is 0 Å². The maximum absolute atomic E-state index is 12.2. The van der Waals surface area contributed by atoms with Crippen molar-refractivity contribution >= 4 is 29.6 Å². The van der Waals surface area contributed by atoms with E-state index in [1.165, 1.54) is 12.1 Å². The van der Waals surface area contributed by atoms with E-state index in [9.17, 15) is 27.9 Å². The second kappa shape index (κ2) is 13.3. The molecule has 0 unspecified atom stereocenters. The minimum Gasteiger partial charge on any atom is -0.496 e. The number of benzene rings is 2. The van der Waals surface area contributed by atoms with Gasteiger partial charge in [0, 0.05) is 31.3 Å². The molecule has 0 aliphatic carbocycles. The van der Waals surface area contributed by atoms with Gasteiger partial charge in [-0.25, -0.2) is 9.59 Å². The predicted molar refractivity (Wildman–Crippen MR) is 124 cm³/mol. The van der Waals surface area contributed by atoms with Crippen LogP contribution < -0.4 is 10.1 Å². The zero-order valence-corrected chi connectivity index (χ0v) is 19.2. The van der Waals surface area contributed by atoms with E-state index in [0.29, 0.717) is 0 Å². The van der Waals surface area contributed by atoms with Crippen molar-refractivity contribution in [2.75, 3.05) is 38.7 Å². The predicted octanol–water partition coefficient (Wildman–Crippen LogP) is 3.51. The van der Waals surface area contributed by atoms with Gasteiger partial charge in [0.25, 0.3) is 0 Å². The van der Waals surface area contributed by atoms with E-state index in [4.69, 9.17) is 19.4 Å². The number of amides is 1. The number of hydrogen-bond acceptors (Lipinski definition) is 6. The van der Waals surface area contributed by atoms with Crippen LogP contribution in [0.15, 0.2) is 48.5 Å². The smallest absolute Gasteiger partial charge is 0.490 e. The molecule has 1 saturated heterocycles. The standard InChI is InChI=1S/C22H24N2O5.C2HF3O2/c1-28-20-14-16(6-8-17(20)15-24-10-12-29-13-11-24)7-9-21(25)23-19-5-3-2-4-18(19)22(26)27;3-2(4,5)1(6)7/h2-9,14H,10-13,15H2,1H3,(H,23,25)(H,26,27);(H,6,7)/b9-7+;. The highest BCUT2D eigenvalue weighted by Crippen LogP contribution is 2.23. The lowest BCUT2D eigenvalue weighted by molar-refractivity contribution is -0.192. The molecule has 0 atom stereocenters. The van der Waals surface area contributed by atoms with Crippen LogP contribution in [0.2, 0.25) is 0 Å². The van der Waals surface area contributed by atoms with Gasteiger partial charge in [0.1, 0.15) is 5.75 Å². The van der Waals surface area contributed by atoms with Gasteiger partial charge in [-0.2, -0.15) is 13.2 Å². The summed E-state index contributed by atoms with van der Waals surface area (Å²) in [7, 11) is 1.63. The Balaban J connectivity index is 0.000000572. The van der Waals surface area contributed by atoms with Crippen molar-refractivity contribution in [3.8, 4) is 5.75 Å². The number of alkyl halides is 3. The summed E-state index contributed by atoms with van der Waals surface area (Å²) >= 11 is 0. The Hall–Kier alpha value is -3.90. The van der Waals surface area contributed by atoms with E-state index in [1.807, 2.05) is 18.2 Å². The summed E-state index contributed by atoms with van der Waals surface area (Å²) in [5, 5.41) is 18.9. The average Bonchev–Trinajstić information content (AvgIpc) is 2.84. The summed E-state index contributed by atoms with van der Waals surface area (Å²) in [5.41, 5.74) is 2.19. The number of anilines is 1. The molecule has 9 nitrogen and oxygen atoms in total. The van der Waals surface area contributed by atoms with Gasteiger partial charge in [0.15, 0.2) is 0 Å². The Morgan fingerprint density at radius 3 is 2.33 bits per heavy atom. The number of carboxylic acid groups (broad SMARTS) is 2. The number of carboxylic acids is 2. The monoisotopic (exact) mass is 510 g/mol. The van der Waals surface area contributed by atoms with Gasteiger partial charge in [-0.15, -0.1) is 0 Å². The Labute approximate surface area is 204 Å². The largest absolute Gasteiger partial charge is 0.496 e. The Bertz CT molecular complexity index is 1100. The molecule has 0 spiro atoms. The van der Waals surface area contributed by atoms with Crippen molar-refractivity contribution in [1.29, 1.82) is 0 Å². The number of para-hydroxylation sites is 1. The van der Waals surface area contributed by atoms with Crippen molar-refractivity contribution in [2.24, 2.45) is 0 Å². The first-order chi connectivity index (χ1) is 17.0. The number of nitrogens with zero attached hydrogens (tertiary/aromatic N) is 1. The van der Waals surface area contributed by atoms with E-state index < -0.39 is 24.0 Å². The molecule has 12 heteroatoms. The molecule has 1 fully saturated rings. The highest BCUT2D eigenvalue weighted by Gasteiger charge is 2.38. The minimum atomic E-state index is -5.08. The number of ether oxygens (including phenoxy) is 2. The van der Waals surface area contributed by atoms with Crippen LogP contribution in [0, 0.1) is 0 Å². The van der Waals surface area contributed by atoms with Gasteiger partial charge in [-0.05, 0) is 29.8 Å². The maximum Gasteiger partial charge on any atom is 0.490 e. The minimum absolute atomic E-state index is 0.0448. The molecule has 2 aromatic rings. The number of methoxy groups -OCH3 is 1. The van der Waals surface area contributed by atoms with E-state index >= 15 is 0 Å². The lowest BCUT2D eigenvalue weighted by atomic mass is 10.1. The highest BCUT2D eigenvalue weighted by atomic mass is 19.4. The molecule has 0 saturated carbocycles. The number of aliphatic carboxylic acids is 1. The number of hydrogen-bond donors (Lipinski definition) is 3. The van der Waals surface area contributed by atoms with E-state index in [1.54, 1.807) is 31.4 Å². The van der Waals surface area contributed by atoms with Crippen molar-refractivity contribution in [3.63, 3.8) is 0 Å². The summed E-state index contributed by atoms with van der Waals surface area (Å²) in [6.07, 6.45) is -2.05. The third-order valence-electron chi connectivity index (χ3n) is 4.89. The molecule has 2 aromatic carbocycles. The molecule has 194 valence electrons. The molecular formula is C24H25F3N2O7. The van der Waals surface area contributed by atoms with Gasteiger partial charge in [-0.3, -0.25) is 9.69 Å². The van der Waals surface area contributed by atoms with Gasteiger partial charge in [-0.1, -0.05) is 24.3 Å². The third kappa shape index (κ3) is 9.04. The Kier molecular flexibility index (Phi) is 10.4. The van der Waals surface area contributed by atoms with E-state index in [2.05, 4.69) is 10.2 Å². The molecule has 1 aliphatic rings. The van der Waals surface area contributed by atoms with Crippen LogP contribution >= 0.6 is 0 Å². The number of aromatic carboxylic acids is 1. The highest BCUT2D eigenvalue weighted by molar-refractivity contribution is 6.06. The lowest BCUT2D eigenvalue weighted by Crippen LogP contribution is -2.35. The second-order valence-electron chi connectivity index (χ2n) is 7.44.